The molecular weight excluding hydrogens is 218 g/mol. The predicted octanol–water partition coefficient (Wildman–Crippen LogP) is -1.80. The van der Waals surface area contributed by atoms with Crippen LogP contribution in [-0.4, -0.2) is 65.0 Å². The van der Waals surface area contributed by atoms with Crippen LogP contribution in [0.1, 0.15) is 0 Å². The molecule has 1 unspecified atom stereocenters. The summed E-state index contributed by atoms with van der Waals surface area (Å²) >= 11 is 0. The number of nitrogens with two attached hydrogens (primary N) is 1. The lowest BCUT2D eigenvalue weighted by molar-refractivity contribution is -0.0221. The van der Waals surface area contributed by atoms with Gasteiger partial charge in [-0.3, -0.25) is 4.90 Å². The van der Waals surface area contributed by atoms with Gasteiger partial charge in [0, 0.05) is 32.7 Å². The van der Waals surface area contributed by atoms with Gasteiger partial charge in [0.2, 0.25) is 10.0 Å². The van der Waals surface area contributed by atoms with E-state index in [1.807, 2.05) is 0 Å². The Hall–Kier alpha value is -0.210. The van der Waals surface area contributed by atoms with Gasteiger partial charge in [-0.05, 0) is 0 Å². The van der Waals surface area contributed by atoms with Crippen molar-refractivity contribution in [2.45, 2.75) is 6.10 Å². The molecule has 1 saturated heterocycles. The molecule has 0 aromatic rings. The van der Waals surface area contributed by atoms with E-state index in [4.69, 9.17) is 10.5 Å². The molecule has 1 fully saturated rings. The summed E-state index contributed by atoms with van der Waals surface area (Å²) in [4.78, 5) is 2.15. The highest BCUT2D eigenvalue weighted by Gasteiger charge is 2.18. The molecule has 3 N–H and O–H groups in total. The average molecular weight is 237 g/mol. The maximum atomic E-state index is 10.8. The number of ether oxygens (including phenoxy) is 1. The van der Waals surface area contributed by atoms with Crippen LogP contribution in [0.4, 0.5) is 0 Å². The number of hydrogen-bond donors (Lipinski definition) is 2. The van der Waals surface area contributed by atoms with Crippen LogP contribution in [0.3, 0.4) is 0 Å². The molecule has 1 aliphatic rings. The summed E-state index contributed by atoms with van der Waals surface area (Å²) in [5.41, 5.74) is 5.50. The molecule has 1 rings (SSSR count). The monoisotopic (exact) mass is 237 g/mol. The Morgan fingerprint density at radius 1 is 1.60 bits per heavy atom. The third-order valence-electron chi connectivity index (χ3n) is 2.28. The number of sulfonamides is 1. The Balaban J connectivity index is 2.21. The van der Waals surface area contributed by atoms with Crippen LogP contribution in [-0.2, 0) is 14.8 Å². The minimum absolute atomic E-state index is 0.0805. The number of nitrogens with one attached hydrogen (secondary N) is 1. The van der Waals surface area contributed by atoms with Gasteiger partial charge in [-0.1, -0.05) is 0 Å². The number of rotatable bonds is 5. The smallest absolute Gasteiger partial charge is 0.208 e. The maximum Gasteiger partial charge on any atom is 0.208 e. The van der Waals surface area contributed by atoms with Crippen LogP contribution >= 0.6 is 0 Å². The van der Waals surface area contributed by atoms with E-state index in [1.54, 1.807) is 0 Å². The molecule has 0 aliphatic carbocycles. The number of hydrogen-bond acceptors (Lipinski definition) is 5. The maximum absolute atomic E-state index is 10.8. The summed E-state index contributed by atoms with van der Waals surface area (Å²) < 4.78 is 29.5. The molecule has 1 heterocycles. The number of nitrogens with zero attached hydrogens (tertiary/aromatic N) is 1. The zero-order valence-electron chi connectivity index (χ0n) is 8.98. The predicted molar refractivity (Wildman–Crippen MR) is 58.1 cm³/mol. The highest BCUT2D eigenvalue weighted by molar-refractivity contribution is 7.88. The standard InChI is InChI=1S/C8H19N3O3S/c1-15(12,13)10-2-3-11-4-5-14-8(6-9)7-11/h8,10H,2-7,9H2,1H3. The second-order valence-electron chi connectivity index (χ2n) is 3.70. The second-order valence-corrected chi connectivity index (χ2v) is 5.53. The summed E-state index contributed by atoms with van der Waals surface area (Å²) in [7, 11) is -3.08. The molecule has 0 bridgehead atoms. The molecule has 1 aliphatic heterocycles. The van der Waals surface area contributed by atoms with E-state index < -0.39 is 10.0 Å². The first-order valence-electron chi connectivity index (χ1n) is 5.00. The van der Waals surface area contributed by atoms with Gasteiger partial charge in [0.05, 0.1) is 19.0 Å². The molecule has 0 aromatic carbocycles. The van der Waals surface area contributed by atoms with E-state index in [2.05, 4.69) is 9.62 Å². The molecule has 0 aromatic heterocycles. The molecule has 0 radical (unpaired) electrons. The van der Waals surface area contributed by atoms with Crippen LogP contribution in [0.2, 0.25) is 0 Å². The van der Waals surface area contributed by atoms with Crippen molar-refractivity contribution in [1.29, 1.82) is 0 Å². The van der Waals surface area contributed by atoms with Crippen LogP contribution in [0, 0.1) is 0 Å². The fourth-order valence-corrected chi connectivity index (χ4v) is 1.98. The first kappa shape index (κ1) is 12.9. The molecule has 0 amide bonds. The number of morpholine rings is 1. The van der Waals surface area contributed by atoms with Crippen LogP contribution in [0.15, 0.2) is 0 Å². The van der Waals surface area contributed by atoms with Crippen LogP contribution < -0.4 is 10.5 Å². The summed E-state index contributed by atoms with van der Waals surface area (Å²) in [5.74, 6) is 0. The van der Waals surface area contributed by atoms with Crippen molar-refractivity contribution in [3.8, 4) is 0 Å². The molecule has 15 heavy (non-hydrogen) atoms. The van der Waals surface area contributed by atoms with Crippen molar-refractivity contribution < 1.29 is 13.2 Å². The van der Waals surface area contributed by atoms with E-state index in [1.165, 1.54) is 0 Å². The minimum atomic E-state index is -3.08. The summed E-state index contributed by atoms with van der Waals surface area (Å²) in [5, 5.41) is 0. The molecule has 0 spiro atoms. The largest absolute Gasteiger partial charge is 0.374 e. The topological polar surface area (TPSA) is 84.7 Å². The minimum Gasteiger partial charge on any atom is -0.374 e. The third-order valence-corrected chi connectivity index (χ3v) is 3.01. The molecular formula is C8H19N3O3S. The highest BCUT2D eigenvalue weighted by atomic mass is 32.2. The van der Waals surface area contributed by atoms with Crippen molar-refractivity contribution in [1.82, 2.24) is 9.62 Å². The average Bonchev–Trinajstić information content (AvgIpc) is 2.16. The Morgan fingerprint density at radius 3 is 2.93 bits per heavy atom. The van der Waals surface area contributed by atoms with Gasteiger partial charge in [0.1, 0.15) is 0 Å². The van der Waals surface area contributed by atoms with E-state index in [-0.39, 0.29) is 6.10 Å². The van der Waals surface area contributed by atoms with Crippen molar-refractivity contribution in [3.05, 3.63) is 0 Å². The van der Waals surface area contributed by atoms with Gasteiger partial charge >= 0.3 is 0 Å². The lowest BCUT2D eigenvalue weighted by Gasteiger charge is -2.32. The van der Waals surface area contributed by atoms with Crippen molar-refractivity contribution in [2.75, 3.05) is 45.6 Å². The third kappa shape index (κ3) is 5.43. The Kier molecular flexibility index (Phi) is 4.94. The van der Waals surface area contributed by atoms with Gasteiger partial charge in [0.15, 0.2) is 0 Å². The zero-order valence-corrected chi connectivity index (χ0v) is 9.79. The lowest BCUT2D eigenvalue weighted by Crippen LogP contribution is -2.47. The molecule has 1 atom stereocenters. The molecule has 0 saturated carbocycles. The zero-order chi connectivity index (χ0) is 11.3. The lowest BCUT2D eigenvalue weighted by atomic mass is 10.3. The van der Waals surface area contributed by atoms with Gasteiger partial charge in [0.25, 0.3) is 0 Å². The van der Waals surface area contributed by atoms with E-state index in [0.717, 1.165) is 19.3 Å². The van der Waals surface area contributed by atoms with Gasteiger partial charge < -0.3 is 10.5 Å². The molecule has 6 nitrogen and oxygen atoms in total. The normalized spacial score (nSPS) is 24.3. The molecule has 7 heteroatoms. The first-order chi connectivity index (χ1) is 7.01. The van der Waals surface area contributed by atoms with E-state index >= 15 is 0 Å². The van der Waals surface area contributed by atoms with Crippen molar-refractivity contribution in [3.63, 3.8) is 0 Å². The van der Waals surface area contributed by atoms with E-state index in [9.17, 15) is 8.42 Å². The SMILES string of the molecule is CS(=O)(=O)NCCN1CCOC(CN)C1. The quantitative estimate of drug-likeness (QED) is 0.589. The van der Waals surface area contributed by atoms with Crippen molar-refractivity contribution >= 4 is 10.0 Å². The van der Waals surface area contributed by atoms with Crippen LogP contribution in [0.5, 0.6) is 0 Å². The Morgan fingerprint density at radius 2 is 2.33 bits per heavy atom. The fourth-order valence-electron chi connectivity index (χ4n) is 1.52. The molecule has 90 valence electrons. The van der Waals surface area contributed by atoms with E-state index in [0.29, 0.717) is 26.2 Å². The van der Waals surface area contributed by atoms with Crippen LogP contribution in [0.25, 0.3) is 0 Å². The highest BCUT2D eigenvalue weighted by Crippen LogP contribution is 2.02. The summed E-state index contributed by atoms with van der Waals surface area (Å²) in [6.07, 6.45) is 1.24. The Bertz CT molecular complexity index is 281. The first-order valence-corrected chi connectivity index (χ1v) is 6.89. The Labute approximate surface area is 90.8 Å². The second kappa shape index (κ2) is 5.76. The van der Waals surface area contributed by atoms with Gasteiger partial charge in [-0.2, -0.15) is 0 Å². The van der Waals surface area contributed by atoms with Gasteiger partial charge in [-0.25, -0.2) is 13.1 Å². The fraction of sp³-hybridized carbons (Fsp3) is 1.00. The van der Waals surface area contributed by atoms with Crippen molar-refractivity contribution in [2.24, 2.45) is 5.73 Å². The van der Waals surface area contributed by atoms with Gasteiger partial charge in [-0.15, -0.1) is 0 Å². The summed E-state index contributed by atoms with van der Waals surface area (Å²) in [6, 6.07) is 0. The summed E-state index contributed by atoms with van der Waals surface area (Å²) in [6.45, 7) is 3.93.